The first-order valence-electron chi connectivity index (χ1n) is 3.79. The van der Waals surface area contributed by atoms with Crippen LogP contribution in [0.15, 0.2) is 0 Å². The van der Waals surface area contributed by atoms with Crippen LogP contribution >= 0.6 is 0 Å². The lowest BCUT2D eigenvalue weighted by molar-refractivity contribution is -0.152. The summed E-state index contributed by atoms with van der Waals surface area (Å²) in [6.07, 6.45) is 1.71. The van der Waals surface area contributed by atoms with Crippen LogP contribution in [0.5, 0.6) is 0 Å². The zero-order valence-corrected chi connectivity index (χ0v) is 5.82. The molecule has 0 spiro atoms. The van der Waals surface area contributed by atoms with Gasteiger partial charge >= 0.3 is 0 Å². The van der Waals surface area contributed by atoms with Crippen molar-refractivity contribution in [3.8, 4) is 0 Å². The molecule has 0 amide bonds. The lowest BCUT2D eigenvalue weighted by Crippen LogP contribution is -2.30. The van der Waals surface area contributed by atoms with Crippen molar-refractivity contribution in [2.75, 3.05) is 13.2 Å². The zero-order valence-electron chi connectivity index (χ0n) is 5.82. The Morgan fingerprint density at radius 1 is 1.30 bits per heavy atom. The monoisotopic (exact) mass is 144 g/mol. The van der Waals surface area contributed by atoms with Crippen molar-refractivity contribution in [2.45, 2.75) is 25.2 Å². The molecule has 2 rings (SSSR count). The van der Waals surface area contributed by atoms with Crippen molar-refractivity contribution in [3.05, 3.63) is 0 Å². The van der Waals surface area contributed by atoms with E-state index in [0.29, 0.717) is 6.61 Å². The molecule has 3 heteroatoms. The van der Waals surface area contributed by atoms with E-state index in [0.717, 1.165) is 19.4 Å². The van der Waals surface area contributed by atoms with Gasteiger partial charge in [-0.25, -0.2) is 0 Å². The maximum atomic E-state index is 9.32. The van der Waals surface area contributed by atoms with Crippen molar-refractivity contribution in [3.63, 3.8) is 0 Å². The third-order valence-electron chi connectivity index (χ3n) is 2.24. The maximum Gasteiger partial charge on any atom is 0.163 e. The Labute approximate surface area is 59.9 Å². The topological polar surface area (TPSA) is 38.7 Å². The summed E-state index contributed by atoms with van der Waals surface area (Å²) in [5.41, 5.74) is 0. The van der Waals surface area contributed by atoms with Gasteiger partial charge in [-0.2, -0.15) is 0 Å². The molecule has 0 aromatic rings. The summed E-state index contributed by atoms with van der Waals surface area (Å²) in [5.74, 6) is 0.244. The fourth-order valence-electron chi connectivity index (χ4n) is 1.64. The molecule has 1 N–H and O–H groups in total. The van der Waals surface area contributed by atoms with Crippen LogP contribution in [0.4, 0.5) is 0 Å². The third kappa shape index (κ3) is 0.944. The molecule has 0 aromatic carbocycles. The Morgan fingerprint density at radius 2 is 2.20 bits per heavy atom. The lowest BCUT2D eigenvalue weighted by Gasteiger charge is -2.25. The predicted octanol–water partition coefficient (Wildman–Crippen LogP) is 0.130. The summed E-state index contributed by atoms with van der Waals surface area (Å²) in [4.78, 5) is 0. The molecule has 2 fully saturated rings. The fraction of sp³-hybridized carbons (Fsp3) is 1.00. The number of fused-ring (bicyclic) bond motifs is 1. The van der Waals surface area contributed by atoms with E-state index in [1.165, 1.54) is 0 Å². The molecule has 58 valence electrons. The molecule has 2 heterocycles. The Morgan fingerprint density at radius 3 is 3.00 bits per heavy atom. The van der Waals surface area contributed by atoms with E-state index in [9.17, 15) is 5.11 Å². The first kappa shape index (κ1) is 6.58. The van der Waals surface area contributed by atoms with Gasteiger partial charge in [-0.05, 0) is 12.8 Å². The highest BCUT2D eigenvalue weighted by atomic mass is 16.7. The Kier molecular flexibility index (Phi) is 1.64. The largest absolute Gasteiger partial charge is 0.390 e. The number of hydrogen-bond donors (Lipinski definition) is 1. The average Bonchev–Trinajstić information content (AvgIpc) is 2.34. The summed E-state index contributed by atoms with van der Waals surface area (Å²) in [6.45, 7) is 1.24. The fourth-order valence-corrected chi connectivity index (χ4v) is 1.64. The van der Waals surface area contributed by atoms with Crippen LogP contribution in [-0.2, 0) is 9.47 Å². The molecule has 0 bridgehead atoms. The first-order valence-corrected chi connectivity index (χ1v) is 3.79. The van der Waals surface area contributed by atoms with Gasteiger partial charge < -0.3 is 14.6 Å². The van der Waals surface area contributed by atoms with E-state index >= 15 is 0 Å². The standard InChI is InChI=1S/C7H12O3/c8-6-4-10-7-5(6)2-1-3-9-7/h5-8H,1-4H2/t5?,6-,7?/m0/s1. The van der Waals surface area contributed by atoms with Gasteiger partial charge in [0.25, 0.3) is 0 Å². The average molecular weight is 144 g/mol. The minimum atomic E-state index is -0.287. The molecule has 0 radical (unpaired) electrons. The van der Waals surface area contributed by atoms with Gasteiger partial charge in [0.15, 0.2) is 6.29 Å². The van der Waals surface area contributed by atoms with Crippen molar-refractivity contribution >= 4 is 0 Å². The summed E-state index contributed by atoms with van der Waals surface area (Å²) < 4.78 is 10.5. The van der Waals surface area contributed by atoms with Crippen LogP contribution < -0.4 is 0 Å². The number of ether oxygens (including phenoxy) is 2. The number of aliphatic hydroxyl groups excluding tert-OH is 1. The Balaban J connectivity index is 2.01. The molecular formula is C7H12O3. The minimum Gasteiger partial charge on any atom is -0.390 e. The quantitative estimate of drug-likeness (QED) is 0.525. The maximum absolute atomic E-state index is 9.32. The first-order chi connectivity index (χ1) is 4.88. The van der Waals surface area contributed by atoms with Gasteiger partial charge in [-0.15, -0.1) is 0 Å². The lowest BCUT2D eigenvalue weighted by atomic mass is 9.97. The smallest absolute Gasteiger partial charge is 0.163 e. The van der Waals surface area contributed by atoms with Gasteiger partial charge in [0, 0.05) is 12.5 Å². The summed E-state index contributed by atoms with van der Waals surface area (Å²) >= 11 is 0. The van der Waals surface area contributed by atoms with Crippen molar-refractivity contribution in [1.82, 2.24) is 0 Å². The van der Waals surface area contributed by atoms with Crippen LogP contribution in [0.2, 0.25) is 0 Å². The van der Waals surface area contributed by atoms with E-state index in [1.807, 2.05) is 0 Å². The molecule has 0 aliphatic carbocycles. The number of hydrogen-bond acceptors (Lipinski definition) is 3. The summed E-state index contributed by atoms with van der Waals surface area (Å²) in [6, 6.07) is 0. The van der Waals surface area contributed by atoms with E-state index in [2.05, 4.69) is 0 Å². The Bertz CT molecular complexity index is 124. The van der Waals surface area contributed by atoms with Gasteiger partial charge in [-0.1, -0.05) is 0 Å². The van der Waals surface area contributed by atoms with Crippen LogP contribution in [0.3, 0.4) is 0 Å². The predicted molar refractivity (Wildman–Crippen MR) is 34.4 cm³/mol. The molecule has 0 saturated carbocycles. The molecule has 2 unspecified atom stereocenters. The second kappa shape index (κ2) is 2.49. The van der Waals surface area contributed by atoms with Crippen molar-refractivity contribution < 1.29 is 14.6 Å². The highest BCUT2D eigenvalue weighted by molar-refractivity contribution is 4.80. The molecule has 10 heavy (non-hydrogen) atoms. The van der Waals surface area contributed by atoms with Crippen LogP contribution in [0.1, 0.15) is 12.8 Å². The number of aliphatic hydroxyl groups is 1. The van der Waals surface area contributed by atoms with Crippen LogP contribution in [0, 0.1) is 5.92 Å². The third-order valence-corrected chi connectivity index (χ3v) is 2.24. The normalized spacial score (nSPS) is 47.1. The highest BCUT2D eigenvalue weighted by Gasteiger charge is 2.38. The van der Waals surface area contributed by atoms with Gasteiger partial charge in [-0.3, -0.25) is 0 Å². The van der Waals surface area contributed by atoms with Crippen LogP contribution in [0.25, 0.3) is 0 Å². The van der Waals surface area contributed by atoms with Gasteiger partial charge in [0.05, 0.1) is 12.7 Å². The van der Waals surface area contributed by atoms with E-state index in [4.69, 9.17) is 9.47 Å². The molecule has 2 aliphatic rings. The molecule has 3 atom stereocenters. The number of rotatable bonds is 0. The second-order valence-corrected chi connectivity index (χ2v) is 2.95. The van der Waals surface area contributed by atoms with Crippen molar-refractivity contribution in [2.24, 2.45) is 5.92 Å². The van der Waals surface area contributed by atoms with E-state index in [-0.39, 0.29) is 18.3 Å². The SMILES string of the molecule is O[C@H]1COC2OCCCC21. The molecule has 2 aliphatic heterocycles. The zero-order chi connectivity index (χ0) is 6.97. The molecule has 0 aromatic heterocycles. The second-order valence-electron chi connectivity index (χ2n) is 2.95. The summed E-state index contributed by atoms with van der Waals surface area (Å²) in [5, 5.41) is 9.32. The van der Waals surface area contributed by atoms with Crippen LogP contribution in [-0.4, -0.2) is 30.7 Å². The highest BCUT2D eigenvalue weighted by Crippen LogP contribution is 2.30. The molecular weight excluding hydrogens is 132 g/mol. The van der Waals surface area contributed by atoms with E-state index < -0.39 is 0 Å². The minimum absolute atomic E-state index is 0.108. The molecule has 2 saturated heterocycles. The Hall–Kier alpha value is -0.120. The van der Waals surface area contributed by atoms with Gasteiger partial charge in [0.2, 0.25) is 0 Å². The van der Waals surface area contributed by atoms with Crippen molar-refractivity contribution in [1.29, 1.82) is 0 Å². The van der Waals surface area contributed by atoms with Gasteiger partial charge in [0.1, 0.15) is 0 Å². The molecule has 3 nitrogen and oxygen atoms in total. The van der Waals surface area contributed by atoms with E-state index in [1.54, 1.807) is 0 Å². The summed E-state index contributed by atoms with van der Waals surface area (Å²) in [7, 11) is 0.